The van der Waals surface area contributed by atoms with Crippen molar-refractivity contribution in [1.82, 2.24) is 10.2 Å². The van der Waals surface area contributed by atoms with Gasteiger partial charge in [0.25, 0.3) is 5.91 Å². The maximum atomic E-state index is 15.1. The number of benzene rings is 1. The van der Waals surface area contributed by atoms with Crippen LogP contribution in [0, 0.1) is 11.7 Å². The fourth-order valence-electron chi connectivity index (χ4n) is 5.77. The zero-order valence-electron chi connectivity index (χ0n) is 19.3. The number of piperidine rings is 2. The van der Waals surface area contributed by atoms with E-state index < -0.39 is 17.8 Å². The van der Waals surface area contributed by atoms with Crippen molar-refractivity contribution in [3.05, 3.63) is 29.1 Å². The molecule has 0 aromatic heterocycles. The van der Waals surface area contributed by atoms with Gasteiger partial charge in [-0.25, -0.2) is 4.39 Å². The summed E-state index contributed by atoms with van der Waals surface area (Å²) in [5, 5.41) is 11.6. The van der Waals surface area contributed by atoms with Gasteiger partial charge in [0.05, 0.1) is 17.9 Å². The van der Waals surface area contributed by atoms with Crippen molar-refractivity contribution in [2.75, 3.05) is 24.6 Å². The lowest BCUT2D eigenvalue weighted by molar-refractivity contribution is -0.136. The van der Waals surface area contributed by atoms with Gasteiger partial charge in [0, 0.05) is 38.2 Å². The highest BCUT2D eigenvalue weighted by molar-refractivity contribution is 6.05. The lowest BCUT2D eigenvalue weighted by Crippen LogP contribution is -2.52. The zero-order chi connectivity index (χ0) is 23.8. The third-order valence-corrected chi connectivity index (χ3v) is 7.81. The Morgan fingerprint density at radius 3 is 2.38 bits per heavy atom. The molecule has 2 N–H and O–H groups in total. The standard InChI is InChI=1S/C25H32FN3O5/c26-20-12-19-16(13-29(25(19)33)21-5-6-23(31)27-24(21)32)11-22(20)28-9-7-18(8-10-28)34-17-3-1-15(14-30)2-4-17/h11-12,15,17-18,21,30H,1-10,13-14H2,(H,27,31,32)/t15-,17-,21?. The van der Waals surface area contributed by atoms with Gasteiger partial charge in [-0.05, 0) is 68.6 Å². The number of nitrogens with zero attached hydrogens (tertiary/aromatic N) is 2. The highest BCUT2D eigenvalue weighted by atomic mass is 19.1. The van der Waals surface area contributed by atoms with E-state index in [4.69, 9.17) is 4.74 Å². The number of hydrogen-bond donors (Lipinski definition) is 2. The first-order valence-electron chi connectivity index (χ1n) is 12.4. The molecule has 1 aromatic carbocycles. The van der Waals surface area contributed by atoms with Crippen LogP contribution in [-0.2, 0) is 20.9 Å². The summed E-state index contributed by atoms with van der Waals surface area (Å²) in [5.74, 6) is -1.19. The minimum absolute atomic E-state index is 0.161. The summed E-state index contributed by atoms with van der Waals surface area (Å²) in [5.41, 5.74) is 1.49. The Morgan fingerprint density at radius 2 is 1.71 bits per heavy atom. The topological polar surface area (TPSA) is 99.2 Å². The van der Waals surface area contributed by atoms with Crippen molar-refractivity contribution >= 4 is 23.4 Å². The molecule has 4 aliphatic rings. The fourth-order valence-corrected chi connectivity index (χ4v) is 5.77. The third kappa shape index (κ3) is 4.55. The van der Waals surface area contributed by atoms with Crippen LogP contribution in [0.15, 0.2) is 12.1 Å². The van der Waals surface area contributed by atoms with Gasteiger partial charge in [-0.15, -0.1) is 0 Å². The molecule has 3 amide bonds. The van der Waals surface area contributed by atoms with Crippen LogP contribution in [0.25, 0.3) is 0 Å². The maximum Gasteiger partial charge on any atom is 0.255 e. The smallest absolute Gasteiger partial charge is 0.255 e. The first-order chi connectivity index (χ1) is 16.4. The van der Waals surface area contributed by atoms with Gasteiger partial charge >= 0.3 is 0 Å². The molecule has 0 radical (unpaired) electrons. The van der Waals surface area contributed by atoms with E-state index in [1.54, 1.807) is 6.07 Å². The number of hydrogen-bond acceptors (Lipinski definition) is 6. The van der Waals surface area contributed by atoms with Crippen LogP contribution in [-0.4, -0.2) is 65.7 Å². The summed E-state index contributed by atoms with van der Waals surface area (Å²) in [6.45, 7) is 1.85. The van der Waals surface area contributed by atoms with Crippen LogP contribution in [0.4, 0.5) is 10.1 Å². The summed E-state index contributed by atoms with van der Waals surface area (Å²) in [6.07, 6.45) is 6.52. The fraction of sp³-hybridized carbons (Fsp3) is 0.640. The molecule has 3 aliphatic heterocycles. The van der Waals surface area contributed by atoms with E-state index in [1.165, 1.54) is 11.0 Å². The average Bonchev–Trinajstić information content (AvgIpc) is 3.15. The summed E-state index contributed by atoms with van der Waals surface area (Å²) in [4.78, 5) is 40.0. The highest BCUT2D eigenvalue weighted by Crippen LogP contribution is 2.34. The molecule has 3 fully saturated rings. The molecule has 1 aromatic rings. The second kappa shape index (κ2) is 9.62. The van der Waals surface area contributed by atoms with E-state index in [2.05, 4.69) is 5.32 Å². The number of carbonyl (C=O) groups is 3. The molecule has 34 heavy (non-hydrogen) atoms. The van der Waals surface area contributed by atoms with Gasteiger partial charge in [-0.3, -0.25) is 19.7 Å². The van der Waals surface area contributed by atoms with Gasteiger partial charge in [-0.1, -0.05) is 0 Å². The molecule has 9 heteroatoms. The molecule has 1 atom stereocenters. The van der Waals surface area contributed by atoms with Gasteiger partial charge in [0.15, 0.2) is 0 Å². The lowest BCUT2D eigenvalue weighted by Gasteiger charge is -2.37. The van der Waals surface area contributed by atoms with Crippen molar-refractivity contribution in [1.29, 1.82) is 0 Å². The maximum absolute atomic E-state index is 15.1. The van der Waals surface area contributed by atoms with Gasteiger partial charge in [0.2, 0.25) is 11.8 Å². The van der Waals surface area contributed by atoms with E-state index >= 15 is 4.39 Å². The molecular formula is C25H32FN3O5. The molecule has 1 saturated carbocycles. The monoisotopic (exact) mass is 473 g/mol. The number of rotatable bonds is 5. The van der Waals surface area contributed by atoms with Crippen LogP contribution in [0.1, 0.15) is 67.3 Å². The van der Waals surface area contributed by atoms with E-state index in [0.29, 0.717) is 35.8 Å². The van der Waals surface area contributed by atoms with Crippen molar-refractivity contribution in [2.24, 2.45) is 5.92 Å². The van der Waals surface area contributed by atoms with Crippen LogP contribution in [0.5, 0.6) is 0 Å². The predicted molar refractivity (Wildman–Crippen MR) is 122 cm³/mol. The second-order valence-electron chi connectivity index (χ2n) is 10.0. The Labute approximate surface area is 198 Å². The highest BCUT2D eigenvalue weighted by Gasteiger charge is 2.40. The van der Waals surface area contributed by atoms with Crippen molar-refractivity contribution < 1.29 is 28.6 Å². The first kappa shape index (κ1) is 23.2. The minimum atomic E-state index is -0.704. The lowest BCUT2D eigenvalue weighted by atomic mass is 9.88. The molecule has 1 unspecified atom stereocenters. The Balaban J connectivity index is 1.20. The van der Waals surface area contributed by atoms with Gasteiger partial charge in [-0.2, -0.15) is 0 Å². The number of halogens is 1. The molecule has 0 spiro atoms. The number of imide groups is 1. The van der Waals surface area contributed by atoms with E-state index in [9.17, 15) is 19.5 Å². The Kier molecular flexibility index (Phi) is 6.57. The quantitative estimate of drug-likeness (QED) is 0.636. The van der Waals surface area contributed by atoms with E-state index in [1.807, 2.05) is 4.90 Å². The van der Waals surface area contributed by atoms with Crippen molar-refractivity contribution in [3.8, 4) is 0 Å². The molecule has 2 saturated heterocycles. The number of amides is 3. The summed E-state index contributed by atoms with van der Waals surface area (Å²) in [7, 11) is 0. The predicted octanol–water partition coefficient (Wildman–Crippen LogP) is 2.12. The SMILES string of the molecule is O=C1CCC(N2Cc3cc(N4CCC(O[C@H]5CC[C@H](CO)CC5)CC4)c(F)cc3C2=O)C(=O)N1. The minimum Gasteiger partial charge on any atom is -0.396 e. The molecule has 3 heterocycles. The van der Waals surface area contributed by atoms with Crippen molar-refractivity contribution in [3.63, 3.8) is 0 Å². The normalized spacial score (nSPS) is 28.3. The van der Waals surface area contributed by atoms with Crippen LogP contribution < -0.4 is 10.2 Å². The van der Waals surface area contributed by atoms with Gasteiger partial charge in [0.1, 0.15) is 11.9 Å². The van der Waals surface area contributed by atoms with E-state index in [0.717, 1.165) is 38.5 Å². The Hall–Kier alpha value is -2.52. The van der Waals surface area contributed by atoms with Crippen LogP contribution >= 0.6 is 0 Å². The number of fused-ring (bicyclic) bond motifs is 1. The first-order valence-corrected chi connectivity index (χ1v) is 12.4. The molecule has 5 rings (SSSR count). The largest absolute Gasteiger partial charge is 0.396 e. The van der Waals surface area contributed by atoms with E-state index in [-0.39, 0.29) is 50.0 Å². The number of anilines is 1. The number of ether oxygens (including phenoxy) is 1. The number of nitrogens with one attached hydrogen (secondary N) is 1. The number of aliphatic hydroxyl groups is 1. The zero-order valence-corrected chi connectivity index (χ0v) is 19.3. The Morgan fingerprint density at radius 1 is 1.00 bits per heavy atom. The van der Waals surface area contributed by atoms with Crippen LogP contribution in [0.3, 0.4) is 0 Å². The molecule has 184 valence electrons. The number of aliphatic hydroxyl groups excluding tert-OH is 1. The molecule has 0 bridgehead atoms. The average molecular weight is 474 g/mol. The summed E-state index contributed by atoms with van der Waals surface area (Å²) < 4.78 is 21.4. The number of carbonyl (C=O) groups excluding carboxylic acids is 3. The molecule has 8 nitrogen and oxygen atoms in total. The van der Waals surface area contributed by atoms with Crippen molar-refractivity contribution in [2.45, 2.75) is 76.2 Å². The third-order valence-electron chi connectivity index (χ3n) is 7.81. The molecule has 1 aliphatic carbocycles. The van der Waals surface area contributed by atoms with Gasteiger partial charge < -0.3 is 19.6 Å². The Bertz CT molecular complexity index is 970. The summed E-state index contributed by atoms with van der Waals surface area (Å²) >= 11 is 0. The summed E-state index contributed by atoms with van der Waals surface area (Å²) in [6, 6.07) is 2.33. The van der Waals surface area contributed by atoms with Crippen LogP contribution in [0.2, 0.25) is 0 Å². The second-order valence-corrected chi connectivity index (χ2v) is 10.0. The molecular weight excluding hydrogens is 441 g/mol.